The normalized spacial score (nSPS) is 26.6. The first-order valence-corrected chi connectivity index (χ1v) is 6.55. The predicted octanol–water partition coefficient (Wildman–Crippen LogP) is 3.71. The molecule has 1 nitrogen and oxygen atoms in total. The summed E-state index contributed by atoms with van der Waals surface area (Å²) in [6, 6.07) is 7.71. The van der Waals surface area contributed by atoms with Crippen LogP contribution in [0.5, 0.6) is 0 Å². The minimum absolute atomic E-state index is 0.0560. The van der Waals surface area contributed by atoms with E-state index in [2.05, 4.69) is 26.1 Å². The van der Waals surface area contributed by atoms with Crippen LogP contribution < -0.4 is 5.32 Å². The minimum Gasteiger partial charge on any atom is -0.313 e. The van der Waals surface area contributed by atoms with Crippen molar-refractivity contribution in [3.05, 3.63) is 35.6 Å². The summed E-state index contributed by atoms with van der Waals surface area (Å²) in [4.78, 5) is 0. The van der Waals surface area contributed by atoms with Crippen LogP contribution in [0.4, 0.5) is 4.39 Å². The van der Waals surface area contributed by atoms with Gasteiger partial charge in [-0.25, -0.2) is 4.39 Å². The molecule has 0 aromatic heterocycles. The van der Waals surface area contributed by atoms with Crippen LogP contribution in [0.15, 0.2) is 24.3 Å². The van der Waals surface area contributed by atoms with Gasteiger partial charge in [-0.2, -0.15) is 0 Å². The zero-order valence-electron chi connectivity index (χ0n) is 11.0. The van der Waals surface area contributed by atoms with Crippen molar-refractivity contribution in [3.63, 3.8) is 0 Å². The average Bonchev–Trinajstić information content (AvgIpc) is 2.30. The molecule has 1 aromatic carbocycles. The van der Waals surface area contributed by atoms with Crippen molar-refractivity contribution in [2.24, 2.45) is 5.41 Å². The molecular formula is C15H22FN. The third-order valence-electron chi connectivity index (χ3n) is 4.19. The lowest BCUT2D eigenvalue weighted by molar-refractivity contribution is 0.0672. The van der Waals surface area contributed by atoms with Gasteiger partial charge < -0.3 is 5.32 Å². The second-order valence-corrected chi connectivity index (χ2v) is 5.64. The van der Waals surface area contributed by atoms with E-state index in [0.29, 0.717) is 12.0 Å². The summed E-state index contributed by atoms with van der Waals surface area (Å²) in [5.41, 5.74) is 1.03. The largest absolute Gasteiger partial charge is 0.313 e. The molecule has 0 heterocycles. The molecule has 0 aliphatic heterocycles. The van der Waals surface area contributed by atoms with Gasteiger partial charge in [0.05, 0.1) is 0 Å². The van der Waals surface area contributed by atoms with Crippen molar-refractivity contribution in [2.75, 3.05) is 6.54 Å². The zero-order chi connectivity index (χ0) is 12.5. The highest BCUT2D eigenvalue weighted by Gasteiger charge is 2.48. The van der Waals surface area contributed by atoms with Crippen molar-refractivity contribution in [1.29, 1.82) is 0 Å². The molecule has 2 rings (SSSR count). The Balaban J connectivity index is 2.09. The van der Waals surface area contributed by atoms with Crippen LogP contribution in [0.3, 0.4) is 0 Å². The monoisotopic (exact) mass is 235 g/mol. The van der Waals surface area contributed by atoms with Gasteiger partial charge >= 0.3 is 0 Å². The Labute approximate surface area is 103 Å². The van der Waals surface area contributed by atoms with Gasteiger partial charge in [0.1, 0.15) is 5.82 Å². The number of rotatable bonds is 4. The molecule has 0 amide bonds. The van der Waals surface area contributed by atoms with E-state index in [1.807, 2.05) is 12.1 Å². The van der Waals surface area contributed by atoms with Crippen molar-refractivity contribution in [3.8, 4) is 0 Å². The lowest BCUT2D eigenvalue weighted by Crippen LogP contribution is -2.55. The second kappa shape index (κ2) is 4.77. The molecular weight excluding hydrogens is 213 g/mol. The summed E-state index contributed by atoms with van der Waals surface area (Å²) < 4.78 is 13.8. The molecule has 94 valence electrons. The molecule has 1 aliphatic rings. The lowest BCUT2D eigenvalue weighted by atomic mass is 9.56. The first-order chi connectivity index (χ1) is 8.07. The van der Waals surface area contributed by atoms with E-state index >= 15 is 0 Å². The van der Waals surface area contributed by atoms with Crippen LogP contribution >= 0.6 is 0 Å². The van der Waals surface area contributed by atoms with Crippen molar-refractivity contribution in [2.45, 2.75) is 45.6 Å². The molecule has 17 heavy (non-hydrogen) atoms. The smallest absolute Gasteiger partial charge is 0.126 e. The van der Waals surface area contributed by atoms with Crippen molar-refractivity contribution in [1.82, 2.24) is 5.32 Å². The molecule has 0 bridgehead atoms. The number of benzene rings is 1. The number of hydrogen-bond donors (Lipinski definition) is 1. The molecule has 0 spiro atoms. The molecule has 2 unspecified atom stereocenters. The van der Waals surface area contributed by atoms with Gasteiger partial charge in [0.25, 0.3) is 0 Å². The number of hydrogen-bond acceptors (Lipinski definition) is 1. The fraction of sp³-hybridized carbons (Fsp3) is 0.600. The van der Waals surface area contributed by atoms with Gasteiger partial charge in [0.2, 0.25) is 0 Å². The second-order valence-electron chi connectivity index (χ2n) is 5.64. The highest BCUT2D eigenvalue weighted by Crippen LogP contribution is 2.52. The number of halogens is 1. The van der Waals surface area contributed by atoms with Gasteiger partial charge in [-0.15, -0.1) is 0 Å². The maximum Gasteiger partial charge on any atom is 0.126 e. The van der Waals surface area contributed by atoms with Crippen LogP contribution in [0.1, 0.15) is 45.1 Å². The van der Waals surface area contributed by atoms with E-state index in [1.54, 1.807) is 12.1 Å². The maximum atomic E-state index is 13.8. The summed E-state index contributed by atoms with van der Waals surface area (Å²) in [7, 11) is 0. The summed E-state index contributed by atoms with van der Waals surface area (Å²) >= 11 is 0. The minimum atomic E-state index is -0.0560. The Bertz CT molecular complexity index is 386. The van der Waals surface area contributed by atoms with Gasteiger partial charge in [-0.1, -0.05) is 39.0 Å². The van der Waals surface area contributed by atoms with E-state index in [9.17, 15) is 4.39 Å². The quantitative estimate of drug-likeness (QED) is 0.839. The third-order valence-corrected chi connectivity index (χ3v) is 4.19. The van der Waals surface area contributed by atoms with Gasteiger partial charge in [-0.3, -0.25) is 0 Å². The molecule has 1 fully saturated rings. The van der Waals surface area contributed by atoms with E-state index in [1.165, 1.54) is 0 Å². The van der Waals surface area contributed by atoms with Crippen molar-refractivity contribution < 1.29 is 4.39 Å². The van der Waals surface area contributed by atoms with Crippen LogP contribution in [0, 0.1) is 11.2 Å². The number of nitrogens with one attached hydrogen (secondary N) is 1. The van der Waals surface area contributed by atoms with E-state index in [0.717, 1.165) is 24.9 Å². The molecule has 1 aromatic rings. The van der Waals surface area contributed by atoms with Crippen LogP contribution in [-0.4, -0.2) is 12.6 Å². The molecule has 1 N–H and O–H groups in total. The van der Waals surface area contributed by atoms with Crippen LogP contribution in [0.2, 0.25) is 0 Å². The Hall–Kier alpha value is -0.890. The molecule has 0 radical (unpaired) electrons. The SMILES string of the molecule is CCCNC1CC(c2ccccc2F)C1(C)C. The molecule has 2 heteroatoms. The fourth-order valence-electron chi connectivity index (χ4n) is 2.88. The average molecular weight is 235 g/mol. The molecule has 1 aliphatic carbocycles. The first-order valence-electron chi connectivity index (χ1n) is 6.55. The summed E-state index contributed by atoms with van der Waals surface area (Å²) in [6.07, 6.45) is 2.20. The highest BCUT2D eigenvalue weighted by atomic mass is 19.1. The Kier molecular flexibility index (Phi) is 3.53. The van der Waals surface area contributed by atoms with E-state index in [4.69, 9.17) is 0 Å². The Morgan fingerprint density at radius 3 is 2.65 bits per heavy atom. The molecule has 2 atom stereocenters. The van der Waals surface area contributed by atoms with Crippen LogP contribution in [-0.2, 0) is 0 Å². The molecule has 1 saturated carbocycles. The van der Waals surface area contributed by atoms with E-state index < -0.39 is 0 Å². The lowest BCUT2D eigenvalue weighted by Gasteiger charge is -2.53. The van der Waals surface area contributed by atoms with Crippen LogP contribution in [0.25, 0.3) is 0 Å². The van der Waals surface area contributed by atoms with Gasteiger partial charge in [-0.05, 0) is 42.3 Å². The Morgan fingerprint density at radius 2 is 2.06 bits per heavy atom. The molecule has 0 saturated heterocycles. The highest BCUT2D eigenvalue weighted by molar-refractivity contribution is 5.28. The van der Waals surface area contributed by atoms with Crippen molar-refractivity contribution >= 4 is 0 Å². The third kappa shape index (κ3) is 2.23. The first kappa shape index (κ1) is 12.6. The van der Waals surface area contributed by atoms with Gasteiger partial charge in [0, 0.05) is 6.04 Å². The summed E-state index contributed by atoms with van der Waals surface area (Å²) in [5, 5.41) is 3.56. The van der Waals surface area contributed by atoms with Gasteiger partial charge in [0.15, 0.2) is 0 Å². The predicted molar refractivity (Wildman–Crippen MR) is 69.6 cm³/mol. The maximum absolute atomic E-state index is 13.8. The summed E-state index contributed by atoms with van der Waals surface area (Å²) in [5.74, 6) is 0.289. The summed E-state index contributed by atoms with van der Waals surface area (Å²) in [6.45, 7) is 7.70. The van der Waals surface area contributed by atoms with E-state index in [-0.39, 0.29) is 11.2 Å². The standard InChI is InChI=1S/C15H22FN/c1-4-9-17-14-10-12(15(14,2)3)11-7-5-6-8-13(11)16/h5-8,12,14,17H,4,9-10H2,1-3H3. The fourth-order valence-corrected chi connectivity index (χ4v) is 2.88. The Morgan fingerprint density at radius 1 is 1.35 bits per heavy atom. The topological polar surface area (TPSA) is 12.0 Å². The zero-order valence-corrected chi connectivity index (χ0v) is 11.0.